The van der Waals surface area contributed by atoms with Crippen molar-refractivity contribution in [3.05, 3.63) is 17.2 Å². The number of anilines is 1. The molecule has 0 aromatic carbocycles. The maximum absolute atomic E-state index is 15.1. The van der Waals surface area contributed by atoms with Crippen LogP contribution in [0.5, 0.6) is 6.01 Å². The van der Waals surface area contributed by atoms with Gasteiger partial charge in [-0.15, -0.1) is 0 Å². The molecule has 12 heteroatoms. The molecular formula is C26H35ClF2N6O3. The van der Waals surface area contributed by atoms with Gasteiger partial charge in [-0.1, -0.05) is 11.6 Å². The fourth-order valence-electron chi connectivity index (χ4n) is 6.16. The summed E-state index contributed by atoms with van der Waals surface area (Å²) in [5, 5.41) is 0.0905. The number of likely N-dealkylation sites (N-methyl/N-ethyl adjacent to an activating group) is 1. The van der Waals surface area contributed by atoms with Crippen LogP contribution in [0.15, 0.2) is 6.20 Å². The summed E-state index contributed by atoms with van der Waals surface area (Å²) in [4.78, 5) is 31.5. The van der Waals surface area contributed by atoms with E-state index in [0.29, 0.717) is 37.1 Å². The molecule has 5 rings (SSSR count). The lowest BCUT2D eigenvalue weighted by molar-refractivity contribution is 0.0233. The van der Waals surface area contributed by atoms with Crippen LogP contribution in [-0.4, -0.2) is 93.5 Å². The summed E-state index contributed by atoms with van der Waals surface area (Å²) in [7, 11) is 1.85. The number of nitrogens with zero attached hydrogens (tertiary/aromatic N) is 6. The average Bonchev–Trinajstić information content (AvgIpc) is 3.50. The van der Waals surface area contributed by atoms with Crippen molar-refractivity contribution in [3.63, 3.8) is 0 Å². The molecular weight excluding hydrogens is 518 g/mol. The molecule has 2 aromatic rings. The number of carbonyl (C=O) groups excluding carboxylic acids is 1. The zero-order valence-electron chi connectivity index (χ0n) is 22.5. The van der Waals surface area contributed by atoms with Gasteiger partial charge in [0.05, 0.1) is 23.0 Å². The first kappa shape index (κ1) is 27.1. The molecule has 0 N–H and O–H groups in total. The molecule has 0 bridgehead atoms. The van der Waals surface area contributed by atoms with Gasteiger partial charge < -0.3 is 19.3 Å². The molecule has 3 fully saturated rings. The second kappa shape index (κ2) is 9.89. The Labute approximate surface area is 226 Å². The van der Waals surface area contributed by atoms with Gasteiger partial charge in [0.15, 0.2) is 11.0 Å². The Balaban J connectivity index is 1.44. The van der Waals surface area contributed by atoms with Crippen molar-refractivity contribution in [1.29, 1.82) is 0 Å². The summed E-state index contributed by atoms with van der Waals surface area (Å²) in [6, 6.07) is -0.322. The molecule has 2 aromatic heterocycles. The lowest BCUT2D eigenvalue weighted by Gasteiger charge is -2.33. The van der Waals surface area contributed by atoms with Crippen LogP contribution in [0.2, 0.25) is 5.15 Å². The number of likely N-dealkylation sites (tertiary alicyclic amines) is 1. The fraction of sp³-hybridized carbons (Fsp3) is 0.692. The highest BCUT2D eigenvalue weighted by Gasteiger charge is 2.49. The minimum Gasteiger partial charge on any atom is -0.461 e. The molecule has 0 spiro atoms. The molecule has 9 nitrogen and oxygen atoms in total. The highest BCUT2D eigenvalue weighted by molar-refractivity contribution is 6.30. The number of pyridine rings is 1. The van der Waals surface area contributed by atoms with Crippen LogP contribution in [0.25, 0.3) is 10.9 Å². The van der Waals surface area contributed by atoms with E-state index in [-0.39, 0.29) is 41.5 Å². The lowest BCUT2D eigenvalue weighted by atomic mass is 9.95. The van der Waals surface area contributed by atoms with Crippen LogP contribution >= 0.6 is 11.6 Å². The molecule has 5 heterocycles. The van der Waals surface area contributed by atoms with Crippen molar-refractivity contribution in [2.75, 3.05) is 38.2 Å². The van der Waals surface area contributed by atoms with E-state index < -0.39 is 23.1 Å². The monoisotopic (exact) mass is 552 g/mol. The van der Waals surface area contributed by atoms with Crippen molar-refractivity contribution in [1.82, 2.24) is 24.8 Å². The predicted octanol–water partition coefficient (Wildman–Crippen LogP) is 4.61. The number of hydrogen-bond donors (Lipinski definition) is 0. The maximum atomic E-state index is 15.1. The molecule has 0 radical (unpaired) electrons. The Morgan fingerprint density at radius 3 is 2.82 bits per heavy atom. The van der Waals surface area contributed by atoms with E-state index >= 15 is 4.39 Å². The van der Waals surface area contributed by atoms with Gasteiger partial charge in [0.25, 0.3) is 0 Å². The van der Waals surface area contributed by atoms with Crippen molar-refractivity contribution in [2.24, 2.45) is 0 Å². The Kier molecular flexibility index (Phi) is 7.04. The molecule has 4 atom stereocenters. The van der Waals surface area contributed by atoms with Gasteiger partial charge in [0.2, 0.25) is 0 Å². The summed E-state index contributed by atoms with van der Waals surface area (Å²) >= 11 is 5.99. The van der Waals surface area contributed by atoms with Crippen molar-refractivity contribution < 1.29 is 23.0 Å². The third-order valence-electron chi connectivity index (χ3n) is 8.01. The molecule has 208 valence electrons. The van der Waals surface area contributed by atoms with Crippen LogP contribution < -0.4 is 9.64 Å². The predicted molar refractivity (Wildman–Crippen MR) is 140 cm³/mol. The van der Waals surface area contributed by atoms with Crippen LogP contribution in [0.4, 0.5) is 19.4 Å². The third kappa shape index (κ3) is 4.95. The van der Waals surface area contributed by atoms with Crippen LogP contribution in [0, 0.1) is 5.82 Å². The smallest absolute Gasteiger partial charge is 0.410 e. The van der Waals surface area contributed by atoms with Crippen molar-refractivity contribution in [2.45, 2.75) is 82.8 Å². The van der Waals surface area contributed by atoms with E-state index in [1.165, 1.54) is 6.20 Å². The molecule has 38 heavy (non-hydrogen) atoms. The third-order valence-corrected chi connectivity index (χ3v) is 8.27. The van der Waals surface area contributed by atoms with Gasteiger partial charge in [-0.3, -0.25) is 4.90 Å². The Bertz CT molecular complexity index is 1230. The van der Waals surface area contributed by atoms with Crippen LogP contribution in [0.3, 0.4) is 0 Å². The number of hydrogen-bond acceptors (Lipinski definition) is 8. The van der Waals surface area contributed by atoms with Gasteiger partial charge in [0, 0.05) is 32.8 Å². The van der Waals surface area contributed by atoms with Gasteiger partial charge in [0.1, 0.15) is 29.7 Å². The second-order valence-electron chi connectivity index (χ2n) is 11.7. The largest absolute Gasteiger partial charge is 0.461 e. The summed E-state index contributed by atoms with van der Waals surface area (Å²) in [6.07, 6.45) is 3.06. The van der Waals surface area contributed by atoms with Gasteiger partial charge in [-0.2, -0.15) is 9.97 Å². The zero-order valence-corrected chi connectivity index (χ0v) is 23.3. The van der Waals surface area contributed by atoms with Crippen LogP contribution in [-0.2, 0) is 4.74 Å². The topological polar surface area (TPSA) is 83.9 Å². The van der Waals surface area contributed by atoms with E-state index in [9.17, 15) is 9.18 Å². The number of fused-ring (bicyclic) bond motifs is 2. The Morgan fingerprint density at radius 2 is 2.08 bits per heavy atom. The zero-order chi connectivity index (χ0) is 27.4. The van der Waals surface area contributed by atoms with E-state index in [1.54, 1.807) is 4.90 Å². The Morgan fingerprint density at radius 1 is 1.32 bits per heavy atom. The molecule has 1 amide bonds. The number of halogens is 3. The Hall–Kier alpha value is -2.53. The maximum Gasteiger partial charge on any atom is 0.410 e. The molecule has 3 aliphatic rings. The number of aromatic nitrogens is 3. The number of alkyl halides is 1. The van der Waals surface area contributed by atoms with E-state index in [1.807, 2.05) is 39.6 Å². The molecule has 3 saturated heterocycles. The molecule has 0 unspecified atom stereocenters. The van der Waals surface area contributed by atoms with E-state index in [4.69, 9.17) is 21.1 Å². The summed E-state index contributed by atoms with van der Waals surface area (Å²) in [5.74, 6) is -0.335. The van der Waals surface area contributed by atoms with Crippen molar-refractivity contribution >= 4 is 34.4 Å². The summed E-state index contributed by atoms with van der Waals surface area (Å²) < 4.78 is 41.0. The lowest BCUT2D eigenvalue weighted by Crippen LogP contribution is -2.45. The first-order valence-electron chi connectivity index (χ1n) is 13.1. The van der Waals surface area contributed by atoms with E-state index in [2.05, 4.69) is 19.9 Å². The second-order valence-corrected chi connectivity index (χ2v) is 12.1. The number of rotatable bonds is 5. The quantitative estimate of drug-likeness (QED) is 0.497. The SMILES string of the molecule is C[C@H]1[C@H](N(C)c2nc(OC[C@@]34CCCN3C[C@H](F)C4)nc3c(F)c(Cl)ncc23)CCN1C(=O)OC(C)(C)C. The number of ether oxygens (including phenoxy) is 2. The number of amides is 1. The molecule has 3 aliphatic heterocycles. The number of carbonyl (C=O) groups is 1. The minimum atomic E-state index is -0.891. The first-order valence-corrected chi connectivity index (χ1v) is 13.5. The summed E-state index contributed by atoms with van der Waals surface area (Å²) in [6.45, 7) is 9.42. The highest BCUT2D eigenvalue weighted by atomic mass is 35.5. The minimum absolute atomic E-state index is 0.00121. The van der Waals surface area contributed by atoms with Crippen LogP contribution in [0.1, 0.15) is 53.4 Å². The molecule has 0 aliphatic carbocycles. The van der Waals surface area contributed by atoms with Gasteiger partial charge in [-0.05, 0) is 53.5 Å². The fourth-order valence-corrected chi connectivity index (χ4v) is 6.30. The van der Waals surface area contributed by atoms with E-state index in [0.717, 1.165) is 19.4 Å². The summed E-state index contributed by atoms with van der Waals surface area (Å²) in [5.41, 5.74) is -0.998. The normalized spacial score (nSPS) is 27.7. The van der Waals surface area contributed by atoms with Gasteiger partial charge in [-0.25, -0.2) is 18.6 Å². The highest BCUT2D eigenvalue weighted by Crippen LogP contribution is 2.41. The molecule has 0 saturated carbocycles. The standard InChI is InChI=1S/C26H35ClF2N6O3/c1-15-18(7-10-35(15)24(36)38-25(2,3)4)33(5)22-17-12-30-21(27)19(29)20(17)31-23(32-22)37-14-26-8-6-9-34(26)13-16(28)11-26/h12,15-16,18H,6-11,13-14H2,1-5H3/t15-,16+,18+,26-/m0/s1. The van der Waals surface area contributed by atoms with Gasteiger partial charge >= 0.3 is 12.1 Å². The average molecular weight is 553 g/mol. The first-order chi connectivity index (χ1) is 17.9. The van der Waals surface area contributed by atoms with Crippen molar-refractivity contribution in [3.8, 4) is 6.01 Å².